The first-order valence-electron chi connectivity index (χ1n) is 12.7. The van der Waals surface area contributed by atoms with Gasteiger partial charge < -0.3 is 14.7 Å². The molecule has 2 fully saturated rings. The molecular weight excluding hydrogens is 474 g/mol. The van der Waals surface area contributed by atoms with E-state index >= 15 is 0 Å². The molecule has 2 aliphatic heterocycles. The van der Waals surface area contributed by atoms with Gasteiger partial charge in [0.25, 0.3) is 11.8 Å². The predicted octanol–water partition coefficient (Wildman–Crippen LogP) is 4.65. The summed E-state index contributed by atoms with van der Waals surface area (Å²) in [6, 6.07) is 17.3. The number of likely N-dealkylation sites (tertiary alicyclic amines) is 1. The highest BCUT2D eigenvalue weighted by Crippen LogP contribution is 2.31. The number of carbonyl (C=O) groups is 2. The number of piperazine rings is 1. The molecule has 0 aliphatic carbocycles. The van der Waals surface area contributed by atoms with Crippen LogP contribution in [0.4, 0.5) is 14.5 Å². The summed E-state index contributed by atoms with van der Waals surface area (Å²) in [5.41, 5.74) is 2.82. The lowest BCUT2D eigenvalue weighted by molar-refractivity contribution is 0.0693. The number of piperidine rings is 1. The van der Waals surface area contributed by atoms with Gasteiger partial charge in [-0.15, -0.1) is 0 Å². The minimum absolute atomic E-state index is 0.0148. The number of halogens is 2. The molecule has 2 amide bonds. The third kappa shape index (κ3) is 5.19. The summed E-state index contributed by atoms with van der Waals surface area (Å²) in [6.45, 7) is 5.36. The number of hydrogen-bond acceptors (Lipinski definition) is 4. The van der Waals surface area contributed by atoms with E-state index in [-0.39, 0.29) is 11.8 Å². The topological polar surface area (TPSA) is 56.8 Å². The summed E-state index contributed by atoms with van der Waals surface area (Å²) >= 11 is 0. The maximum Gasteiger partial charge on any atom is 0.259 e. The van der Waals surface area contributed by atoms with Crippen molar-refractivity contribution in [3.63, 3.8) is 0 Å². The molecule has 192 valence electrons. The van der Waals surface area contributed by atoms with Crippen molar-refractivity contribution in [2.45, 2.75) is 25.7 Å². The minimum Gasteiger partial charge on any atom is -0.368 e. The Morgan fingerprint density at radius 1 is 0.757 bits per heavy atom. The number of hydrogen-bond donors (Lipinski definition) is 0. The van der Waals surface area contributed by atoms with E-state index < -0.39 is 23.1 Å². The number of para-hydroxylation sites is 1. The Balaban J connectivity index is 1.27. The van der Waals surface area contributed by atoms with Crippen molar-refractivity contribution < 1.29 is 18.4 Å². The van der Waals surface area contributed by atoms with Crippen LogP contribution in [0.25, 0.3) is 0 Å². The zero-order chi connectivity index (χ0) is 25.9. The Kier molecular flexibility index (Phi) is 7.17. The van der Waals surface area contributed by atoms with Crippen molar-refractivity contribution >= 4 is 17.5 Å². The molecule has 3 heterocycles. The summed E-state index contributed by atoms with van der Waals surface area (Å²) in [4.78, 5) is 36.8. The van der Waals surface area contributed by atoms with Crippen LogP contribution in [0.1, 0.15) is 50.9 Å². The van der Waals surface area contributed by atoms with Crippen LogP contribution < -0.4 is 4.90 Å². The highest BCUT2D eigenvalue weighted by atomic mass is 19.1. The third-order valence-corrected chi connectivity index (χ3v) is 7.33. The molecule has 37 heavy (non-hydrogen) atoms. The molecule has 0 saturated carbocycles. The number of nitrogens with zero attached hydrogens (tertiary/aromatic N) is 4. The first-order chi connectivity index (χ1) is 17.9. The monoisotopic (exact) mass is 504 g/mol. The maximum atomic E-state index is 14.1. The average molecular weight is 505 g/mol. The van der Waals surface area contributed by atoms with Crippen LogP contribution >= 0.6 is 0 Å². The normalized spacial score (nSPS) is 16.7. The van der Waals surface area contributed by atoms with Gasteiger partial charge in [-0.05, 0) is 56.2 Å². The van der Waals surface area contributed by atoms with Crippen molar-refractivity contribution in [2.75, 3.05) is 44.2 Å². The van der Waals surface area contributed by atoms with E-state index in [0.717, 1.165) is 42.3 Å². The van der Waals surface area contributed by atoms with Crippen LogP contribution in [-0.2, 0) is 0 Å². The van der Waals surface area contributed by atoms with Gasteiger partial charge in [0.2, 0.25) is 0 Å². The van der Waals surface area contributed by atoms with Gasteiger partial charge in [0.1, 0.15) is 17.2 Å². The van der Waals surface area contributed by atoms with Gasteiger partial charge in [-0.2, -0.15) is 0 Å². The van der Waals surface area contributed by atoms with E-state index in [2.05, 4.69) is 17.0 Å². The number of anilines is 1. The number of amides is 2. The van der Waals surface area contributed by atoms with E-state index in [1.807, 2.05) is 42.2 Å². The second-order valence-corrected chi connectivity index (χ2v) is 9.66. The standard InChI is InChI=1S/C29H30F2N4O2/c1-20-10-11-23(28(36)35-18-16-33(17-19-35)22-6-3-2-4-7-22)27(32-20)21-12-14-34(15-13-21)29(37)26-24(30)8-5-9-25(26)31/h2-11,21H,12-19H2,1H3. The van der Waals surface area contributed by atoms with Crippen molar-refractivity contribution in [1.82, 2.24) is 14.8 Å². The summed E-state index contributed by atoms with van der Waals surface area (Å²) < 4.78 is 28.3. The Morgan fingerprint density at radius 3 is 2.03 bits per heavy atom. The average Bonchev–Trinajstić information content (AvgIpc) is 2.93. The largest absolute Gasteiger partial charge is 0.368 e. The van der Waals surface area contributed by atoms with Crippen LogP contribution in [0, 0.1) is 18.6 Å². The van der Waals surface area contributed by atoms with Gasteiger partial charge in [0, 0.05) is 56.6 Å². The fourth-order valence-corrected chi connectivity index (χ4v) is 5.26. The molecule has 0 radical (unpaired) electrons. The lowest BCUT2D eigenvalue weighted by Crippen LogP contribution is -2.49. The summed E-state index contributed by atoms with van der Waals surface area (Å²) in [6.07, 6.45) is 1.14. The second-order valence-electron chi connectivity index (χ2n) is 9.66. The maximum absolute atomic E-state index is 14.1. The Labute approximate surface area is 215 Å². The minimum atomic E-state index is -0.854. The van der Waals surface area contributed by atoms with E-state index in [1.54, 1.807) is 0 Å². The van der Waals surface area contributed by atoms with Crippen molar-refractivity contribution in [2.24, 2.45) is 0 Å². The molecule has 5 rings (SSSR count). The molecule has 0 atom stereocenters. The Bertz CT molecular complexity index is 1260. The smallest absolute Gasteiger partial charge is 0.259 e. The Hall–Kier alpha value is -3.81. The molecule has 0 spiro atoms. The number of carbonyl (C=O) groups excluding carboxylic acids is 2. The molecule has 8 heteroatoms. The van der Waals surface area contributed by atoms with Gasteiger partial charge in [-0.1, -0.05) is 24.3 Å². The van der Waals surface area contributed by atoms with Gasteiger partial charge in [0.15, 0.2) is 0 Å². The molecule has 2 aromatic carbocycles. The summed E-state index contributed by atoms with van der Waals surface area (Å²) in [5, 5.41) is 0. The first-order valence-corrected chi connectivity index (χ1v) is 12.7. The first kappa shape index (κ1) is 24.9. The molecule has 0 bridgehead atoms. The number of aromatic nitrogens is 1. The zero-order valence-electron chi connectivity index (χ0n) is 20.9. The highest BCUT2D eigenvalue weighted by molar-refractivity contribution is 5.96. The number of aryl methyl sites for hydroxylation is 1. The summed E-state index contributed by atoms with van der Waals surface area (Å²) in [7, 11) is 0. The quantitative estimate of drug-likeness (QED) is 0.519. The van der Waals surface area contributed by atoms with Gasteiger partial charge in [-0.25, -0.2) is 8.78 Å². The third-order valence-electron chi connectivity index (χ3n) is 7.33. The van der Waals surface area contributed by atoms with E-state index in [1.165, 1.54) is 11.0 Å². The fraction of sp³-hybridized carbons (Fsp3) is 0.345. The molecule has 0 N–H and O–H groups in total. The van der Waals surface area contributed by atoms with Crippen molar-refractivity contribution in [1.29, 1.82) is 0 Å². The molecule has 0 unspecified atom stereocenters. The van der Waals surface area contributed by atoms with Crippen LogP contribution in [0.3, 0.4) is 0 Å². The SMILES string of the molecule is Cc1ccc(C(=O)N2CCN(c3ccccc3)CC2)c(C2CCN(C(=O)c3c(F)cccc3F)CC2)n1. The van der Waals surface area contributed by atoms with Gasteiger partial charge in [-0.3, -0.25) is 14.6 Å². The second kappa shape index (κ2) is 10.7. The molecule has 2 saturated heterocycles. The van der Waals surface area contributed by atoms with Gasteiger partial charge in [0.05, 0.1) is 11.3 Å². The van der Waals surface area contributed by atoms with E-state index in [0.29, 0.717) is 44.6 Å². The highest BCUT2D eigenvalue weighted by Gasteiger charge is 2.32. The van der Waals surface area contributed by atoms with Crippen LogP contribution in [0.15, 0.2) is 60.7 Å². The fourth-order valence-electron chi connectivity index (χ4n) is 5.26. The molecular formula is C29H30F2N4O2. The lowest BCUT2D eigenvalue weighted by atomic mass is 9.89. The molecule has 2 aliphatic rings. The van der Waals surface area contributed by atoms with Gasteiger partial charge >= 0.3 is 0 Å². The van der Waals surface area contributed by atoms with E-state index in [4.69, 9.17) is 4.98 Å². The molecule has 3 aromatic rings. The van der Waals surface area contributed by atoms with Crippen molar-refractivity contribution in [3.05, 3.63) is 94.8 Å². The Morgan fingerprint density at radius 2 is 1.38 bits per heavy atom. The zero-order valence-corrected chi connectivity index (χ0v) is 20.9. The van der Waals surface area contributed by atoms with E-state index in [9.17, 15) is 18.4 Å². The molecule has 1 aromatic heterocycles. The summed E-state index contributed by atoms with van der Waals surface area (Å²) in [5.74, 6) is -2.39. The number of pyridine rings is 1. The van der Waals surface area contributed by atoms with Crippen LogP contribution in [0.5, 0.6) is 0 Å². The van der Waals surface area contributed by atoms with Crippen LogP contribution in [0.2, 0.25) is 0 Å². The van der Waals surface area contributed by atoms with Crippen molar-refractivity contribution in [3.8, 4) is 0 Å². The lowest BCUT2D eigenvalue weighted by Gasteiger charge is -2.37. The predicted molar refractivity (Wildman–Crippen MR) is 138 cm³/mol. The number of benzene rings is 2. The number of rotatable bonds is 4. The van der Waals surface area contributed by atoms with Crippen LogP contribution in [-0.4, -0.2) is 65.9 Å². The molecule has 6 nitrogen and oxygen atoms in total.